The van der Waals surface area contributed by atoms with E-state index in [1.165, 1.54) is 6.07 Å². The number of nitrogens with one attached hydrogen (secondary N) is 2. The highest BCUT2D eigenvalue weighted by Crippen LogP contribution is 2.22. The summed E-state index contributed by atoms with van der Waals surface area (Å²) in [5.41, 5.74) is -0.431. The summed E-state index contributed by atoms with van der Waals surface area (Å²) in [5, 5.41) is 14.8. The Morgan fingerprint density at radius 2 is 2.00 bits per heavy atom. The van der Waals surface area contributed by atoms with E-state index in [1.54, 1.807) is 26.0 Å². The first-order chi connectivity index (χ1) is 8.77. The van der Waals surface area contributed by atoms with Crippen LogP contribution in [0.25, 0.3) is 0 Å². The SMILES string of the molecule is CCNC(C)(C)C(=O)Nc1ccc(Br)cc1C(=O)O. The number of carbonyl (C=O) groups excluding carboxylic acids is 1. The Bertz CT molecular complexity index is 501. The molecule has 0 aliphatic carbocycles. The van der Waals surface area contributed by atoms with Crippen LogP contribution in [0.5, 0.6) is 0 Å². The highest BCUT2D eigenvalue weighted by molar-refractivity contribution is 9.10. The molecule has 0 heterocycles. The third-order valence-electron chi connectivity index (χ3n) is 2.65. The highest BCUT2D eigenvalue weighted by atomic mass is 79.9. The molecule has 0 bridgehead atoms. The van der Waals surface area contributed by atoms with Gasteiger partial charge in [-0.1, -0.05) is 22.9 Å². The lowest BCUT2D eigenvalue weighted by Crippen LogP contribution is -2.49. The van der Waals surface area contributed by atoms with E-state index >= 15 is 0 Å². The number of hydrogen-bond donors (Lipinski definition) is 3. The predicted octanol–water partition coefficient (Wildman–Crippen LogP) is 2.47. The zero-order valence-electron chi connectivity index (χ0n) is 11.1. The van der Waals surface area contributed by atoms with Gasteiger partial charge in [-0.2, -0.15) is 0 Å². The van der Waals surface area contributed by atoms with Crippen LogP contribution < -0.4 is 10.6 Å². The van der Waals surface area contributed by atoms with Crippen molar-refractivity contribution in [2.75, 3.05) is 11.9 Å². The van der Waals surface area contributed by atoms with Crippen molar-refractivity contribution in [3.63, 3.8) is 0 Å². The Kier molecular flexibility index (Phi) is 5.08. The molecule has 0 unspecified atom stereocenters. The maximum Gasteiger partial charge on any atom is 0.337 e. The summed E-state index contributed by atoms with van der Waals surface area (Å²) >= 11 is 3.21. The molecular weight excluding hydrogens is 312 g/mol. The Hall–Kier alpha value is -1.40. The van der Waals surface area contributed by atoms with Gasteiger partial charge in [0, 0.05) is 4.47 Å². The van der Waals surface area contributed by atoms with Crippen LogP contribution >= 0.6 is 15.9 Å². The number of likely N-dealkylation sites (N-methyl/N-ethyl adjacent to an activating group) is 1. The van der Waals surface area contributed by atoms with Crippen molar-refractivity contribution >= 4 is 33.5 Å². The Morgan fingerprint density at radius 3 is 2.53 bits per heavy atom. The predicted molar refractivity (Wildman–Crippen MR) is 77.5 cm³/mol. The van der Waals surface area contributed by atoms with Gasteiger partial charge in [-0.3, -0.25) is 4.79 Å². The van der Waals surface area contributed by atoms with Gasteiger partial charge in [-0.05, 0) is 38.6 Å². The number of benzene rings is 1. The number of aromatic carboxylic acids is 1. The lowest BCUT2D eigenvalue weighted by atomic mass is 10.0. The molecule has 1 aromatic carbocycles. The van der Waals surface area contributed by atoms with Crippen LogP contribution in [0.1, 0.15) is 31.1 Å². The maximum atomic E-state index is 12.1. The molecule has 1 amide bonds. The molecule has 5 nitrogen and oxygen atoms in total. The van der Waals surface area contributed by atoms with Gasteiger partial charge in [0.15, 0.2) is 0 Å². The first-order valence-corrected chi connectivity index (χ1v) is 6.66. The van der Waals surface area contributed by atoms with Crippen molar-refractivity contribution in [3.05, 3.63) is 28.2 Å². The number of amides is 1. The Morgan fingerprint density at radius 1 is 1.37 bits per heavy atom. The molecule has 0 fully saturated rings. The molecule has 1 aromatic rings. The first kappa shape index (κ1) is 15.7. The second-order valence-electron chi connectivity index (χ2n) is 4.60. The van der Waals surface area contributed by atoms with Crippen molar-refractivity contribution in [1.82, 2.24) is 5.32 Å². The third-order valence-corrected chi connectivity index (χ3v) is 3.14. The molecule has 0 saturated heterocycles. The topological polar surface area (TPSA) is 78.4 Å². The first-order valence-electron chi connectivity index (χ1n) is 5.87. The standard InChI is InChI=1S/C13H17BrN2O3/c1-4-15-13(2,3)12(19)16-10-6-5-8(14)7-9(10)11(17)18/h5-7,15H,4H2,1-3H3,(H,16,19)(H,17,18). The van der Waals surface area contributed by atoms with Gasteiger partial charge >= 0.3 is 5.97 Å². The van der Waals surface area contributed by atoms with Gasteiger partial charge < -0.3 is 15.7 Å². The molecular formula is C13H17BrN2O3. The van der Waals surface area contributed by atoms with E-state index in [4.69, 9.17) is 5.11 Å². The van der Waals surface area contributed by atoms with Crippen molar-refractivity contribution in [2.45, 2.75) is 26.3 Å². The molecule has 0 aliphatic rings. The molecule has 0 spiro atoms. The van der Waals surface area contributed by atoms with E-state index in [-0.39, 0.29) is 17.2 Å². The van der Waals surface area contributed by atoms with E-state index < -0.39 is 11.5 Å². The minimum atomic E-state index is -1.09. The van der Waals surface area contributed by atoms with Crippen LogP contribution in [0.4, 0.5) is 5.69 Å². The molecule has 1 rings (SSSR count). The van der Waals surface area contributed by atoms with Gasteiger partial charge in [0.05, 0.1) is 16.8 Å². The van der Waals surface area contributed by atoms with Crippen LogP contribution in [0.3, 0.4) is 0 Å². The van der Waals surface area contributed by atoms with Crippen molar-refractivity contribution in [1.29, 1.82) is 0 Å². The fourth-order valence-corrected chi connectivity index (χ4v) is 1.96. The smallest absolute Gasteiger partial charge is 0.337 e. The molecule has 3 N–H and O–H groups in total. The second kappa shape index (κ2) is 6.16. The number of rotatable bonds is 5. The Balaban J connectivity index is 3.00. The summed E-state index contributed by atoms with van der Waals surface area (Å²) < 4.78 is 0.647. The molecule has 104 valence electrons. The molecule has 0 radical (unpaired) electrons. The summed E-state index contributed by atoms with van der Waals surface area (Å²) in [6.07, 6.45) is 0. The van der Waals surface area contributed by atoms with Crippen LogP contribution in [0.2, 0.25) is 0 Å². The normalized spacial score (nSPS) is 11.2. The fourth-order valence-electron chi connectivity index (χ4n) is 1.60. The van der Waals surface area contributed by atoms with Crippen molar-refractivity contribution in [3.8, 4) is 0 Å². The summed E-state index contributed by atoms with van der Waals surface area (Å²) in [5.74, 6) is -1.36. The molecule has 0 atom stereocenters. The molecule has 6 heteroatoms. The van der Waals surface area contributed by atoms with E-state index in [9.17, 15) is 9.59 Å². The third kappa shape index (κ3) is 4.04. The maximum absolute atomic E-state index is 12.1. The van der Waals surface area contributed by atoms with Gasteiger partial charge in [-0.25, -0.2) is 4.79 Å². The zero-order chi connectivity index (χ0) is 14.6. The molecule has 0 saturated carbocycles. The zero-order valence-corrected chi connectivity index (χ0v) is 12.7. The monoisotopic (exact) mass is 328 g/mol. The number of halogens is 1. The fraction of sp³-hybridized carbons (Fsp3) is 0.385. The summed E-state index contributed by atoms with van der Waals surface area (Å²) in [6, 6.07) is 4.70. The van der Waals surface area contributed by atoms with Crippen LogP contribution in [0, 0.1) is 0 Å². The number of carbonyl (C=O) groups is 2. The van der Waals surface area contributed by atoms with Crippen LogP contribution in [0.15, 0.2) is 22.7 Å². The molecule has 0 aromatic heterocycles. The van der Waals surface area contributed by atoms with Gasteiger partial charge in [0.25, 0.3) is 0 Å². The number of hydrogen-bond acceptors (Lipinski definition) is 3. The number of carboxylic acid groups (broad SMARTS) is 1. The minimum Gasteiger partial charge on any atom is -0.478 e. The lowest BCUT2D eigenvalue weighted by Gasteiger charge is -2.24. The van der Waals surface area contributed by atoms with Gasteiger partial charge in [0.2, 0.25) is 5.91 Å². The second-order valence-corrected chi connectivity index (χ2v) is 5.52. The lowest BCUT2D eigenvalue weighted by molar-refractivity contribution is -0.121. The van der Waals surface area contributed by atoms with E-state index in [0.717, 1.165) is 0 Å². The van der Waals surface area contributed by atoms with Crippen LogP contribution in [-0.4, -0.2) is 29.1 Å². The molecule has 0 aliphatic heterocycles. The minimum absolute atomic E-state index is 0.0509. The average molecular weight is 329 g/mol. The highest BCUT2D eigenvalue weighted by Gasteiger charge is 2.27. The largest absolute Gasteiger partial charge is 0.478 e. The Labute approximate surface area is 120 Å². The van der Waals surface area contributed by atoms with E-state index in [1.807, 2.05) is 6.92 Å². The van der Waals surface area contributed by atoms with E-state index in [2.05, 4.69) is 26.6 Å². The summed E-state index contributed by atoms with van der Waals surface area (Å²) in [7, 11) is 0. The van der Waals surface area contributed by atoms with Gasteiger partial charge in [0.1, 0.15) is 0 Å². The van der Waals surface area contributed by atoms with Crippen LogP contribution in [-0.2, 0) is 4.79 Å². The van der Waals surface area contributed by atoms with E-state index in [0.29, 0.717) is 11.0 Å². The average Bonchev–Trinajstić information content (AvgIpc) is 2.30. The quantitative estimate of drug-likeness (QED) is 0.775. The van der Waals surface area contributed by atoms with Crippen molar-refractivity contribution in [2.24, 2.45) is 0 Å². The van der Waals surface area contributed by atoms with Crippen molar-refractivity contribution < 1.29 is 14.7 Å². The number of carboxylic acids is 1. The number of anilines is 1. The van der Waals surface area contributed by atoms with Gasteiger partial charge in [-0.15, -0.1) is 0 Å². The summed E-state index contributed by atoms with van der Waals surface area (Å²) in [6.45, 7) is 6.03. The molecule has 19 heavy (non-hydrogen) atoms. The summed E-state index contributed by atoms with van der Waals surface area (Å²) in [4.78, 5) is 23.2.